The van der Waals surface area contributed by atoms with Crippen LogP contribution in [0.25, 0.3) is 0 Å². The van der Waals surface area contributed by atoms with Crippen LogP contribution in [0.4, 0.5) is 0 Å². The Bertz CT molecular complexity index is 624. The Morgan fingerprint density at radius 3 is 2.20 bits per heavy atom. The largest absolute Gasteiger partial charge is 0.349 e. The van der Waals surface area contributed by atoms with E-state index in [1.165, 1.54) is 38.5 Å². The molecular formula is C21H29ClN2O. The van der Waals surface area contributed by atoms with Crippen LogP contribution in [-0.4, -0.2) is 17.5 Å². The number of amides is 1. The molecule has 0 spiro atoms. The lowest BCUT2D eigenvalue weighted by Crippen LogP contribution is -2.62. The van der Waals surface area contributed by atoms with Crippen molar-refractivity contribution in [2.24, 2.45) is 17.8 Å². The van der Waals surface area contributed by atoms with Gasteiger partial charge in [-0.05, 0) is 81.8 Å². The van der Waals surface area contributed by atoms with E-state index in [4.69, 9.17) is 11.6 Å². The summed E-state index contributed by atoms with van der Waals surface area (Å²) in [5.41, 5.74) is 1.12. The molecular weight excluding hydrogens is 332 g/mol. The quantitative estimate of drug-likeness (QED) is 0.813. The second kappa shape index (κ2) is 6.59. The number of hydrogen-bond acceptors (Lipinski definition) is 2. The Morgan fingerprint density at radius 2 is 1.64 bits per heavy atom. The van der Waals surface area contributed by atoms with Gasteiger partial charge in [-0.2, -0.15) is 0 Å². The summed E-state index contributed by atoms with van der Waals surface area (Å²) in [6.45, 7) is 4.03. The van der Waals surface area contributed by atoms with Crippen LogP contribution in [0.3, 0.4) is 0 Å². The highest BCUT2D eigenvalue weighted by atomic mass is 35.5. The third kappa shape index (κ3) is 3.46. The van der Waals surface area contributed by atoms with Crippen LogP contribution < -0.4 is 10.6 Å². The summed E-state index contributed by atoms with van der Waals surface area (Å²) in [4.78, 5) is 12.9. The molecule has 25 heavy (non-hydrogen) atoms. The molecule has 3 nitrogen and oxygen atoms in total. The molecule has 5 rings (SSSR count). The lowest BCUT2D eigenvalue weighted by atomic mass is 9.53. The minimum absolute atomic E-state index is 0.0470. The second-order valence-corrected chi connectivity index (χ2v) is 9.23. The lowest BCUT2D eigenvalue weighted by Gasteiger charge is -2.57. The summed E-state index contributed by atoms with van der Waals surface area (Å²) < 4.78 is 0. The fraction of sp³-hybridized carbons (Fsp3) is 0.667. The number of rotatable bonds is 5. The number of halogens is 1. The average Bonchev–Trinajstić information content (AvgIpc) is 2.53. The van der Waals surface area contributed by atoms with Crippen molar-refractivity contribution in [1.82, 2.24) is 10.6 Å². The van der Waals surface area contributed by atoms with E-state index >= 15 is 0 Å². The standard InChI is InChI=1S/C21H29ClN2O/c1-13(18-5-3-4-6-19(18)22)23-14(2)20(25)24-21-10-15-7-16(11-21)9-17(8-15)12-21/h3-6,13-17,23H,7-12H2,1-2H3,(H,24,25). The maximum Gasteiger partial charge on any atom is 0.237 e. The molecule has 136 valence electrons. The molecule has 1 aromatic rings. The first-order chi connectivity index (χ1) is 11.9. The Balaban J connectivity index is 1.39. The highest BCUT2D eigenvalue weighted by molar-refractivity contribution is 6.31. The van der Waals surface area contributed by atoms with Gasteiger partial charge in [0.2, 0.25) is 5.91 Å². The Morgan fingerprint density at radius 1 is 1.08 bits per heavy atom. The molecule has 4 aliphatic carbocycles. The van der Waals surface area contributed by atoms with Crippen LogP contribution in [0.15, 0.2) is 24.3 Å². The van der Waals surface area contributed by atoms with Gasteiger partial charge in [0, 0.05) is 16.6 Å². The van der Waals surface area contributed by atoms with Gasteiger partial charge in [0.05, 0.1) is 6.04 Å². The first-order valence-corrected chi connectivity index (χ1v) is 10.1. The molecule has 0 heterocycles. The normalized spacial score (nSPS) is 35.4. The summed E-state index contributed by atoms with van der Waals surface area (Å²) in [6, 6.07) is 7.66. The van der Waals surface area contributed by atoms with Crippen molar-refractivity contribution in [2.45, 2.75) is 70.0 Å². The Labute approximate surface area is 155 Å². The zero-order chi connectivity index (χ0) is 17.6. The molecule has 1 amide bonds. The van der Waals surface area contributed by atoms with Gasteiger partial charge < -0.3 is 5.32 Å². The van der Waals surface area contributed by atoms with Crippen molar-refractivity contribution < 1.29 is 4.79 Å². The molecule has 0 aromatic heterocycles. The van der Waals surface area contributed by atoms with E-state index in [0.29, 0.717) is 0 Å². The average molecular weight is 361 g/mol. The van der Waals surface area contributed by atoms with E-state index in [9.17, 15) is 4.79 Å². The topological polar surface area (TPSA) is 41.1 Å². The monoisotopic (exact) mass is 360 g/mol. The van der Waals surface area contributed by atoms with E-state index in [1.54, 1.807) is 0 Å². The lowest BCUT2D eigenvalue weighted by molar-refractivity contribution is -0.128. The van der Waals surface area contributed by atoms with Gasteiger partial charge >= 0.3 is 0 Å². The highest BCUT2D eigenvalue weighted by Gasteiger charge is 2.51. The Hall–Kier alpha value is -1.06. The second-order valence-electron chi connectivity index (χ2n) is 8.82. The first-order valence-electron chi connectivity index (χ1n) is 9.76. The van der Waals surface area contributed by atoms with Crippen molar-refractivity contribution in [1.29, 1.82) is 0 Å². The molecule has 4 aliphatic rings. The molecule has 0 radical (unpaired) electrons. The number of nitrogens with one attached hydrogen (secondary N) is 2. The molecule has 0 saturated heterocycles. The fourth-order valence-corrected chi connectivity index (χ4v) is 6.30. The van der Waals surface area contributed by atoms with Gasteiger partial charge in [0.1, 0.15) is 0 Å². The molecule has 0 aliphatic heterocycles. The predicted molar refractivity (Wildman–Crippen MR) is 102 cm³/mol. The van der Waals surface area contributed by atoms with Crippen LogP contribution >= 0.6 is 11.6 Å². The molecule has 4 saturated carbocycles. The van der Waals surface area contributed by atoms with Crippen molar-refractivity contribution in [3.63, 3.8) is 0 Å². The number of carbonyl (C=O) groups is 1. The van der Waals surface area contributed by atoms with Crippen molar-refractivity contribution in [3.8, 4) is 0 Å². The zero-order valence-corrected chi connectivity index (χ0v) is 16.0. The van der Waals surface area contributed by atoms with E-state index in [2.05, 4.69) is 17.6 Å². The summed E-state index contributed by atoms with van der Waals surface area (Å²) in [6.07, 6.45) is 7.76. The van der Waals surface area contributed by atoms with Gasteiger partial charge in [0.15, 0.2) is 0 Å². The summed E-state index contributed by atoms with van der Waals surface area (Å²) in [5, 5.41) is 7.63. The van der Waals surface area contributed by atoms with Crippen LogP contribution in [0.2, 0.25) is 5.02 Å². The molecule has 4 fully saturated rings. The van der Waals surface area contributed by atoms with Gasteiger partial charge in [-0.3, -0.25) is 10.1 Å². The number of hydrogen-bond donors (Lipinski definition) is 2. The predicted octanol–water partition coefficient (Wildman–Crippen LogP) is 4.46. The summed E-state index contributed by atoms with van der Waals surface area (Å²) in [7, 11) is 0. The van der Waals surface area contributed by atoms with Crippen LogP contribution in [0.5, 0.6) is 0 Å². The Kier molecular flexibility index (Phi) is 4.57. The fourth-order valence-electron chi connectivity index (χ4n) is 6.00. The van der Waals surface area contributed by atoms with Gasteiger partial charge in [-0.25, -0.2) is 0 Å². The zero-order valence-electron chi connectivity index (χ0n) is 15.2. The minimum Gasteiger partial charge on any atom is -0.349 e. The molecule has 2 unspecified atom stereocenters. The number of benzene rings is 1. The van der Waals surface area contributed by atoms with E-state index in [0.717, 1.165) is 28.3 Å². The smallest absolute Gasteiger partial charge is 0.237 e. The molecule has 2 atom stereocenters. The van der Waals surface area contributed by atoms with E-state index in [-0.39, 0.29) is 23.5 Å². The van der Waals surface area contributed by atoms with Crippen LogP contribution in [0, 0.1) is 17.8 Å². The van der Waals surface area contributed by atoms with Crippen molar-refractivity contribution in [3.05, 3.63) is 34.9 Å². The van der Waals surface area contributed by atoms with Gasteiger partial charge in [-0.1, -0.05) is 29.8 Å². The molecule has 4 bridgehead atoms. The van der Waals surface area contributed by atoms with Crippen LogP contribution in [-0.2, 0) is 4.79 Å². The SMILES string of the molecule is CC(NC(C)c1ccccc1Cl)C(=O)NC12CC3CC(CC(C3)C1)C2. The molecule has 2 N–H and O–H groups in total. The summed E-state index contributed by atoms with van der Waals surface area (Å²) >= 11 is 6.29. The maximum atomic E-state index is 12.9. The third-order valence-electron chi connectivity index (χ3n) is 6.69. The highest BCUT2D eigenvalue weighted by Crippen LogP contribution is 2.55. The first kappa shape index (κ1) is 17.4. The van der Waals surface area contributed by atoms with Crippen molar-refractivity contribution in [2.75, 3.05) is 0 Å². The van der Waals surface area contributed by atoms with E-state index < -0.39 is 0 Å². The number of carbonyl (C=O) groups excluding carboxylic acids is 1. The third-order valence-corrected chi connectivity index (χ3v) is 7.04. The minimum atomic E-state index is -0.223. The van der Waals surface area contributed by atoms with Crippen molar-refractivity contribution >= 4 is 17.5 Å². The van der Waals surface area contributed by atoms with E-state index in [1.807, 2.05) is 31.2 Å². The molecule has 1 aromatic carbocycles. The van der Waals surface area contributed by atoms with Gasteiger partial charge in [0.25, 0.3) is 0 Å². The van der Waals surface area contributed by atoms with Crippen LogP contribution in [0.1, 0.15) is 64.0 Å². The van der Waals surface area contributed by atoms with Gasteiger partial charge in [-0.15, -0.1) is 0 Å². The maximum absolute atomic E-state index is 12.9. The summed E-state index contributed by atoms with van der Waals surface area (Å²) in [5.74, 6) is 2.67. The molecule has 4 heteroatoms.